The number of aliphatic hydroxyl groups is 2. The number of carboxylic acids is 1. The number of hydrogen-bond donors (Lipinski definition) is 6. The predicted molar refractivity (Wildman–Crippen MR) is 89.6 cm³/mol. The van der Waals surface area contributed by atoms with E-state index < -0.39 is 42.5 Å². The monoisotopic (exact) mass is 358 g/mol. The van der Waals surface area contributed by atoms with Gasteiger partial charge in [0.05, 0.1) is 30.4 Å². The summed E-state index contributed by atoms with van der Waals surface area (Å²) in [6.07, 6.45) is -2.67. The third-order valence-corrected chi connectivity index (χ3v) is 3.79. The van der Waals surface area contributed by atoms with Crippen LogP contribution in [-0.2, 0) is 14.3 Å². The summed E-state index contributed by atoms with van der Waals surface area (Å²) < 4.78 is 5.71. The number of aliphatic carboxylic acids is 1. The molecule has 6 atom stereocenters. The summed E-state index contributed by atoms with van der Waals surface area (Å²) in [6, 6.07) is -1.53. The molecule has 0 aromatic heterocycles. The van der Waals surface area contributed by atoms with Crippen LogP contribution in [0.3, 0.4) is 0 Å². The van der Waals surface area contributed by atoms with Gasteiger partial charge in [0.1, 0.15) is 6.10 Å². The van der Waals surface area contributed by atoms with Crippen molar-refractivity contribution in [3.05, 3.63) is 11.6 Å². The topological polar surface area (TPSA) is 180 Å². The summed E-state index contributed by atoms with van der Waals surface area (Å²) in [7, 11) is 0. The standard InChI is InChI=1S/C15H26N4O6/c1-6(20)13(7(2)21)25-11-5-9(14(23)24)4-10(19-15(16)17)12(11)18-8(3)22/h5-7,10-13,20-21H,4H2,1-3H3,(H,18,22)(H,23,24)(H4,16,17,19)/t6-,7+,10-,11+,12+,13?/m0/s1. The first-order valence-electron chi connectivity index (χ1n) is 7.84. The molecule has 0 heterocycles. The van der Waals surface area contributed by atoms with Gasteiger partial charge in [-0.2, -0.15) is 0 Å². The molecule has 1 aliphatic carbocycles. The normalized spacial score (nSPS) is 26.8. The van der Waals surface area contributed by atoms with Gasteiger partial charge in [-0.25, -0.2) is 9.79 Å². The van der Waals surface area contributed by atoms with Crippen LogP contribution in [0.15, 0.2) is 16.6 Å². The quantitative estimate of drug-likeness (QED) is 0.224. The summed E-state index contributed by atoms with van der Waals surface area (Å²) in [4.78, 5) is 26.9. The number of ether oxygens (including phenoxy) is 1. The Kier molecular flexibility index (Phi) is 7.34. The van der Waals surface area contributed by atoms with Crippen LogP contribution in [-0.4, -0.2) is 69.7 Å². The Morgan fingerprint density at radius 3 is 2.28 bits per heavy atom. The molecule has 0 radical (unpaired) electrons. The highest BCUT2D eigenvalue weighted by atomic mass is 16.5. The largest absolute Gasteiger partial charge is 0.478 e. The maximum absolute atomic E-state index is 11.5. The Labute approximate surface area is 145 Å². The molecule has 10 nitrogen and oxygen atoms in total. The molecule has 0 aromatic carbocycles. The minimum absolute atomic E-state index is 0.00787. The number of aliphatic hydroxyl groups excluding tert-OH is 2. The molecule has 10 heteroatoms. The average molecular weight is 358 g/mol. The van der Waals surface area contributed by atoms with E-state index in [1.807, 2.05) is 0 Å². The van der Waals surface area contributed by atoms with E-state index >= 15 is 0 Å². The third kappa shape index (κ3) is 6.00. The van der Waals surface area contributed by atoms with Gasteiger partial charge >= 0.3 is 5.97 Å². The van der Waals surface area contributed by atoms with Crippen molar-refractivity contribution in [3.8, 4) is 0 Å². The lowest BCUT2D eigenvalue weighted by Crippen LogP contribution is -2.55. The molecular formula is C15H26N4O6. The lowest BCUT2D eigenvalue weighted by molar-refractivity contribution is -0.134. The van der Waals surface area contributed by atoms with E-state index in [0.29, 0.717) is 0 Å². The van der Waals surface area contributed by atoms with Crippen LogP contribution in [0.2, 0.25) is 0 Å². The fourth-order valence-corrected chi connectivity index (χ4v) is 2.77. The number of guanidine groups is 1. The van der Waals surface area contributed by atoms with Crippen molar-refractivity contribution in [2.24, 2.45) is 16.5 Å². The first-order chi connectivity index (χ1) is 11.5. The molecule has 0 saturated carbocycles. The van der Waals surface area contributed by atoms with Crippen LogP contribution >= 0.6 is 0 Å². The molecule has 8 N–H and O–H groups in total. The lowest BCUT2D eigenvalue weighted by atomic mass is 9.87. The molecule has 0 aliphatic heterocycles. The van der Waals surface area contributed by atoms with E-state index in [-0.39, 0.29) is 23.9 Å². The first-order valence-corrected chi connectivity index (χ1v) is 7.84. The minimum atomic E-state index is -1.17. The number of carbonyl (C=O) groups excluding carboxylic acids is 1. The van der Waals surface area contributed by atoms with Crippen molar-refractivity contribution in [2.45, 2.75) is 63.7 Å². The lowest BCUT2D eigenvalue weighted by Gasteiger charge is -2.37. The summed E-state index contributed by atoms with van der Waals surface area (Å²) >= 11 is 0. The highest BCUT2D eigenvalue weighted by Gasteiger charge is 2.39. The van der Waals surface area contributed by atoms with Gasteiger partial charge in [-0.05, 0) is 19.9 Å². The Balaban J connectivity index is 3.27. The van der Waals surface area contributed by atoms with Crippen LogP contribution < -0.4 is 16.8 Å². The summed E-state index contributed by atoms with van der Waals surface area (Å²) in [6.45, 7) is 4.16. The zero-order valence-electron chi connectivity index (χ0n) is 14.4. The van der Waals surface area contributed by atoms with Gasteiger partial charge in [-0.15, -0.1) is 0 Å². The molecular weight excluding hydrogens is 332 g/mol. The van der Waals surface area contributed by atoms with Gasteiger partial charge in [0.25, 0.3) is 0 Å². The van der Waals surface area contributed by atoms with Crippen LogP contribution in [0.25, 0.3) is 0 Å². The molecule has 1 rings (SSSR count). The number of aliphatic imine (C=N–C) groups is 1. The van der Waals surface area contributed by atoms with Crippen LogP contribution in [0.4, 0.5) is 0 Å². The van der Waals surface area contributed by atoms with Crippen molar-refractivity contribution in [2.75, 3.05) is 0 Å². The number of nitrogens with two attached hydrogens (primary N) is 2. The summed E-state index contributed by atoms with van der Waals surface area (Å²) in [5.74, 6) is -1.81. The molecule has 0 spiro atoms. The molecule has 142 valence electrons. The maximum Gasteiger partial charge on any atom is 0.331 e. The maximum atomic E-state index is 11.5. The van der Waals surface area contributed by atoms with E-state index in [0.717, 1.165) is 0 Å². The molecule has 25 heavy (non-hydrogen) atoms. The van der Waals surface area contributed by atoms with Gasteiger partial charge in [-0.3, -0.25) is 4.79 Å². The number of nitrogens with one attached hydrogen (secondary N) is 1. The number of amides is 1. The molecule has 0 fully saturated rings. The second-order valence-electron chi connectivity index (χ2n) is 6.10. The number of carbonyl (C=O) groups is 2. The van der Waals surface area contributed by atoms with Gasteiger partial charge < -0.3 is 36.8 Å². The van der Waals surface area contributed by atoms with Crippen molar-refractivity contribution < 1.29 is 29.6 Å². The van der Waals surface area contributed by atoms with Crippen LogP contribution in [0.1, 0.15) is 27.2 Å². The highest BCUT2D eigenvalue weighted by Crippen LogP contribution is 2.26. The zero-order chi connectivity index (χ0) is 19.3. The molecule has 1 unspecified atom stereocenters. The second kappa shape index (κ2) is 8.79. The Hall–Kier alpha value is -2.17. The summed E-state index contributed by atoms with van der Waals surface area (Å²) in [5.41, 5.74) is 10.8. The van der Waals surface area contributed by atoms with Gasteiger partial charge in [0.15, 0.2) is 5.96 Å². The van der Waals surface area contributed by atoms with E-state index in [1.54, 1.807) is 0 Å². The smallest absolute Gasteiger partial charge is 0.331 e. The molecule has 1 amide bonds. The number of nitrogens with zero attached hydrogens (tertiary/aromatic N) is 1. The second-order valence-corrected chi connectivity index (χ2v) is 6.10. The predicted octanol–water partition coefficient (Wildman–Crippen LogP) is -1.94. The van der Waals surface area contributed by atoms with Gasteiger partial charge in [-0.1, -0.05) is 0 Å². The Bertz CT molecular complexity index is 548. The Morgan fingerprint density at radius 2 is 1.88 bits per heavy atom. The zero-order valence-corrected chi connectivity index (χ0v) is 14.4. The fourth-order valence-electron chi connectivity index (χ4n) is 2.77. The van der Waals surface area contributed by atoms with Crippen LogP contribution in [0.5, 0.6) is 0 Å². The van der Waals surface area contributed by atoms with Crippen molar-refractivity contribution in [1.82, 2.24) is 5.32 Å². The average Bonchev–Trinajstić information content (AvgIpc) is 2.45. The fraction of sp³-hybridized carbons (Fsp3) is 0.667. The van der Waals surface area contributed by atoms with Crippen molar-refractivity contribution in [3.63, 3.8) is 0 Å². The minimum Gasteiger partial charge on any atom is -0.478 e. The molecule has 0 bridgehead atoms. The highest BCUT2D eigenvalue weighted by molar-refractivity contribution is 5.87. The van der Waals surface area contributed by atoms with E-state index in [2.05, 4.69) is 10.3 Å². The number of hydrogen-bond acceptors (Lipinski definition) is 6. The van der Waals surface area contributed by atoms with E-state index in [4.69, 9.17) is 16.2 Å². The number of rotatable bonds is 7. The van der Waals surface area contributed by atoms with Gasteiger partial charge in [0, 0.05) is 18.9 Å². The van der Waals surface area contributed by atoms with Crippen molar-refractivity contribution in [1.29, 1.82) is 0 Å². The van der Waals surface area contributed by atoms with E-state index in [9.17, 15) is 24.9 Å². The first kappa shape index (κ1) is 20.9. The third-order valence-electron chi connectivity index (χ3n) is 3.79. The molecule has 1 aliphatic rings. The SMILES string of the molecule is CC(=O)N[C@@H]1[C@@H](N=C(N)N)CC(C(=O)O)=C[C@H]1OC([C@H](C)O)[C@@H](C)O. The summed E-state index contributed by atoms with van der Waals surface area (Å²) in [5, 5.41) is 31.5. The van der Waals surface area contributed by atoms with Crippen molar-refractivity contribution >= 4 is 17.8 Å². The Morgan fingerprint density at radius 1 is 1.32 bits per heavy atom. The van der Waals surface area contributed by atoms with Crippen LogP contribution in [0, 0.1) is 0 Å². The number of carboxylic acid groups (broad SMARTS) is 1. The molecule has 0 aromatic rings. The van der Waals surface area contributed by atoms with Gasteiger partial charge in [0.2, 0.25) is 5.91 Å². The molecule has 0 saturated heterocycles. The van der Waals surface area contributed by atoms with E-state index in [1.165, 1.54) is 26.8 Å².